The Morgan fingerprint density at radius 2 is 1.58 bits per heavy atom. The number of benzene rings is 2. The number of anilines is 1. The molecule has 4 nitrogen and oxygen atoms in total. The van der Waals surface area contributed by atoms with Gasteiger partial charge < -0.3 is 4.74 Å². The molecule has 0 radical (unpaired) electrons. The molecule has 0 unspecified atom stereocenters. The molecule has 1 atom stereocenters. The molecule has 5 heteroatoms. The predicted molar refractivity (Wildman–Crippen MR) is 95.7 cm³/mol. The molecule has 0 N–H and O–H groups in total. The van der Waals surface area contributed by atoms with Gasteiger partial charge in [-0.1, -0.05) is 29.8 Å². The first kappa shape index (κ1) is 18.0. The van der Waals surface area contributed by atoms with Crippen molar-refractivity contribution in [3.63, 3.8) is 0 Å². The van der Waals surface area contributed by atoms with E-state index < -0.39 is 12.0 Å². The van der Waals surface area contributed by atoms with Gasteiger partial charge in [-0.05, 0) is 56.2 Å². The van der Waals surface area contributed by atoms with E-state index in [2.05, 4.69) is 0 Å². The molecule has 0 aliphatic rings. The number of halogens is 1. The lowest BCUT2D eigenvalue weighted by atomic mass is 10.0. The van der Waals surface area contributed by atoms with Gasteiger partial charge in [0.1, 0.15) is 6.04 Å². The number of carbonyl (C=O) groups excluding carboxylic acids is 2. The molecule has 0 heterocycles. The summed E-state index contributed by atoms with van der Waals surface area (Å²) in [6.45, 7) is 5.48. The Bertz CT molecular complexity index is 735. The van der Waals surface area contributed by atoms with Gasteiger partial charge >= 0.3 is 5.97 Å². The van der Waals surface area contributed by atoms with Gasteiger partial charge in [0.25, 0.3) is 5.91 Å². The lowest BCUT2D eigenvalue weighted by molar-refractivity contribution is -0.141. The van der Waals surface area contributed by atoms with Crippen LogP contribution in [0.4, 0.5) is 5.69 Å². The highest BCUT2D eigenvalue weighted by atomic mass is 35.5. The SMILES string of the molecule is COC(=O)[C@@H](C)N(C(=O)c1ccc(Cl)cc1)c1c(C)cccc1C. The van der Waals surface area contributed by atoms with Gasteiger partial charge in [0.2, 0.25) is 0 Å². The average molecular weight is 346 g/mol. The second-order valence-electron chi connectivity index (χ2n) is 5.62. The fraction of sp³-hybridized carbons (Fsp3) is 0.263. The fourth-order valence-electron chi connectivity index (χ4n) is 2.66. The molecule has 126 valence electrons. The Morgan fingerprint density at radius 1 is 1.04 bits per heavy atom. The number of esters is 1. The second-order valence-corrected chi connectivity index (χ2v) is 6.06. The van der Waals surface area contributed by atoms with E-state index in [4.69, 9.17) is 16.3 Å². The first-order valence-corrected chi connectivity index (χ1v) is 7.97. The first-order chi connectivity index (χ1) is 11.4. The maximum atomic E-state index is 13.1. The molecule has 0 saturated heterocycles. The van der Waals surface area contributed by atoms with E-state index >= 15 is 0 Å². The Morgan fingerprint density at radius 3 is 2.08 bits per heavy atom. The molecule has 0 saturated carbocycles. The summed E-state index contributed by atoms with van der Waals surface area (Å²) in [6, 6.07) is 11.6. The van der Waals surface area contributed by atoms with Crippen LogP contribution in [0.5, 0.6) is 0 Å². The Labute approximate surface area is 147 Å². The van der Waals surface area contributed by atoms with E-state index in [9.17, 15) is 9.59 Å². The van der Waals surface area contributed by atoms with Gasteiger partial charge in [0.15, 0.2) is 0 Å². The minimum Gasteiger partial charge on any atom is -0.467 e. The van der Waals surface area contributed by atoms with Crippen LogP contribution in [0, 0.1) is 13.8 Å². The molecular weight excluding hydrogens is 326 g/mol. The van der Waals surface area contributed by atoms with Crippen LogP contribution < -0.4 is 4.90 Å². The molecule has 0 aliphatic carbocycles. The number of para-hydroxylation sites is 1. The van der Waals surface area contributed by atoms with Crippen LogP contribution in [0.3, 0.4) is 0 Å². The number of methoxy groups -OCH3 is 1. The van der Waals surface area contributed by atoms with Gasteiger partial charge in [0.05, 0.1) is 12.8 Å². The first-order valence-electron chi connectivity index (χ1n) is 7.60. The molecule has 1 amide bonds. The largest absolute Gasteiger partial charge is 0.467 e. The minimum atomic E-state index is -0.752. The lowest BCUT2D eigenvalue weighted by Crippen LogP contribution is -2.44. The lowest BCUT2D eigenvalue weighted by Gasteiger charge is -2.30. The zero-order valence-corrected chi connectivity index (χ0v) is 14.9. The molecule has 0 bridgehead atoms. The summed E-state index contributed by atoms with van der Waals surface area (Å²) in [5.74, 6) is -0.748. The molecule has 0 aliphatic heterocycles. The summed E-state index contributed by atoms with van der Waals surface area (Å²) in [7, 11) is 1.31. The molecule has 2 aromatic rings. The number of nitrogens with zero attached hydrogens (tertiary/aromatic N) is 1. The van der Waals surface area contributed by atoms with Crippen molar-refractivity contribution in [2.75, 3.05) is 12.0 Å². The number of ether oxygens (including phenoxy) is 1. The minimum absolute atomic E-state index is 0.276. The molecular formula is C19H20ClNO3. The number of hydrogen-bond donors (Lipinski definition) is 0. The molecule has 0 fully saturated rings. The van der Waals surface area contributed by atoms with Crippen LogP contribution in [0.25, 0.3) is 0 Å². The normalized spacial score (nSPS) is 11.7. The summed E-state index contributed by atoms with van der Waals surface area (Å²) in [6.07, 6.45) is 0. The van der Waals surface area contributed by atoms with Crippen molar-refractivity contribution in [1.82, 2.24) is 0 Å². The third kappa shape index (κ3) is 3.60. The number of hydrogen-bond acceptors (Lipinski definition) is 3. The maximum Gasteiger partial charge on any atom is 0.328 e. The van der Waals surface area contributed by atoms with Crippen molar-refractivity contribution in [2.24, 2.45) is 0 Å². The average Bonchev–Trinajstić information content (AvgIpc) is 2.57. The fourth-order valence-corrected chi connectivity index (χ4v) is 2.79. The second kappa shape index (κ2) is 7.49. The van der Waals surface area contributed by atoms with Crippen LogP contribution in [0.2, 0.25) is 5.02 Å². The zero-order valence-electron chi connectivity index (χ0n) is 14.2. The summed E-state index contributed by atoms with van der Waals surface area (Å²) in [5.41, 5.74) is 2.99. The van der Waals surface area contributed by atoms with Gasteiger partial charge in [-0.15, -0.1) is 0 Å². The van der Waals surface area contributed by atoms with Crippen molar-refractivity contribution in [3.05, 3.63) is 64.2 Å². The van der Waals surface area contributed by atoms with Crippen molar-refractivity contribution in [3.8, 4) is 0 Å². The van der Waals surface area contributed by atoms with E-state index in [1.165, 1.54) is 12.0 Å². The number of carbonyl (C=O) groups is 2. The number of rotatable bonds is 4. The van der Waals surface area contributed by atoms with Crippen molar-refractivity contribution in [1.29, 1.82) is 0 Å². The summed E-state index contributed by atoms with van der Waals surface area (Å²) in [5, 5.41) is 0.547. The van der Waals surface area contributed by atoms with E-state index in [-0.39, 0.29) is 5.91 Å². The van der Waals surface area contributed by atoms with Crippen molar-refractivity contribution >= 4 is 29.2 Å². The number of aryl methyl sites for hydroxylation is 2. The number of amides is 1. The summed E-state index contributed by atoms with van der Waals surface area (Å²) >= 11 is 5.90. The van der Waals surface area contributed by atoms with Gasteiger partial charge in [-0.25, -0.2) is 4.79 Å². The molecule has 24 heavy (non-hydrogen) atoms. The van der Waals surface area contributed by atoms with E-state index in [1.807, 2.05) is 32.0 Å². The quantitative estimate of drug-likeness (QED) is 0.781. The highest BCUT2D eigenvalue weighted by Gasteiger charge is 2.30. The van der Waals surface area contributed by atoms with Gasteiger partial charge in [-0.2, -0.15) is 0 Å². The summed E-state index contributed by atoms with van der Waals surface area (Å²) in [4.78, 5) is 26.7. The van der Waals surface area contributed by atoms with Crippen LogP contribution in [0.1, 0.15) is 28.4 Å². The van der Waals surface area contributed by atoms with Crippen molar-refractivity contribution < 1.29 is 14.3 Å². The van der Waals surface area contributed by atoms with E-state index in [0.29, 0.717) is 10.6 Å². The van der Waals surface area contributed by atoms with E-state index in [0.717, 1.165) is 16.8 Å². The molecule has 2 aromatic carbocycles. The van der Waals surface area contributed by atoms with Gasteiger partial charge in [0, 0.05) is 10.6 Å². The zero-order chi connectivity index (χ0) is 17.9. The third-order valence-corrected chi connectivity index (χ3v) is 4.17. The van der Waals surface area contributed by atoms with Gasteiger partial charge in [-0.3, -0.25) is 9.69 Å². The van der Waals surface area contributed by atoms with Crippen LogP contribution in [-0.2, 0) is 9.53 Å². The van der Waals surface area contributed by atoms with Crippen molar-refractivity contribution in [2.45, 2.75) is 26.8 Å². The van der Waals surface area contributed by atoms with Crippen LogP contribution in [-0.4, -0.2) is 25.0 Å². The third-order valence-electron chi connectivity index (χ3n) is 3.92. The highest BCUT2D eigenvalue weighted by Crippen LogP contribution is 2.28. The molecule has 0 spiro atoms. The van der Waals surface area contributed by atoms with E-state index in [1.54, 1.807) is 31.2 Å². The predicted octanol–water partition coefficient (Wildman–Crippen LogP) is 4.17. The maximum absolute atomic E-state index is 13.1. The smallest absolute Gasteiger partial charge is 0.328 e. The van der Waals surface area contributed by atoms with Crippen LogP contribution >= 0.6 is 11.6 Å². The highest BCUT2D eigenvalue weighted by molar-refractivity contribution is 6.30. The standard InChI is InChI=1S/C19H20ClNO3/c1-12-6-5-7-13(2)17(12)21(14(3)19(23)24-4)18(22)15-8-10-16(20)11-9-15/h5-11,14H,1-4H3/t14-/m1/s1. The Hall–Kier alpha value is -2.33. The Balaban J connectivity index is 2.57. The molecule has 0 aromatic heterocycles. The van der Waals surface area contributed by atoms with Crippen LogP contribution in [0.15, 0.2) is 42.5 Å². The monoisotopic (exact) mass is 345 g/mol. The summed E-state index contributed by atoms with van der Waals surface area (Å²) < 4.78 is 4.85. The Kier molecular flexibility index (Phi) is 5.62. The molecule has 2 rings (SSSR count). The topological polar surface area (TPSA) is 46.6 Å².